The lowest BCUT2D eigenvalue weighted by molar-refractivity contribution is 0.0946. The Morgan fingerprint density at radius 3 is 2.50 bits per heavy atom. The molecule has 0 aliphatic carbocycles. The molecule has 0 aliphatic heterocycles. The van der Waals surface area contributed by atoms with E-state index in [9.17, 15) is 4.79 Å². The van der Waals surface area contributed by atoms with Crippen molar-refractivity contribution >= 4 is 5.91 Å². The third-order valence-electron chi connectivity index (χ3n) is 3.83. The average Bonchev–Trinajstić information content (AvgIpc) is 2.65. The van der Waals surface area contributed by atoms with E-state index in [1.54, 1.807) is 24.3 Å². The Bertz CT molecular complexity index is 750. The molecule has 1 amide bonds. The van der Waals surface area contributed by atoms with Crippen LogP contribution < -0.4 is 19.5 Å². The molecule has 0 atom stereocenters. The summed E-state index contributed by atoms with van der Waals surface area (Å²) in [5.41, 5.74) is 2.66. The molecule has 0 bridgehead atoms. The number of nitrogens with one attached hydrogen (secondary N) is 1. The van der Waals surface area contributed by atoms with Crippen LogP contribution in [0.4, 0.5) is 0 Å². The van der Waals surface area contributed by atoms with Crippen molar-refractivity contribution in [2.24, 2.45) is 0 Å². The van der Waals surface area contributed by atoms with Crippen LogP contribution in [-0.2, 0) is 0 Å². The maximum atomic E-state index is 12.3. The fraction of sp³-hybridized carbons (Fsp3) is 0.286. The minimum atomic E-state index is -0.191. The van der Waals surface area contributed by atoms with E-state index in [1.165, 1.54) is 7.11 Å². The van der Waals surface area contributed by atoms with Gasteiger partial charge in [-0.25, -0.2) is 0 Å². The highest BCUT2D eigenvalue weighted by Gasteiger charge is 2.11. The molecule has 0 heterocycles. The molecule has 5 heteroatoms. The number of methoxy groups -OCH3 is 1. The predicted octanol–water partition coefficient (Wildman–Crippen LogP) is 3.69. The normalized spacial score (nSPS) is 10.1. The first-order valence-corrected chi connectivity index (χ1v) is 8.45. The molecule has 0 saturated heterocycles. The van der Waals surface area contributed by atoms with Gasteiger partial charge in [0, 0.05) is 5.56 Å². The van der Waals surface area contributed by atoms with Crippen LogP contribution in [0.2, 0.25) is 0 Å². The molecular weight excluding hydrogens is 330 g/mol. The molecule has 0 aliphatic rings. The third-order valence-corrected chi connectivity index (χ3v) is 3.83. The fourth-order valence-corrected chi connectivity index (χ4v) is 2.52. The van der Waals surface area contributed by atoms with Crippen LogP contribution in [0, 0.1) is 13.8 Å². The number of para-hydroxylation sites is 1. The van der Waals surface area contributed by atoms with Gasteiger partial charge in [0.2, 0.25) is 0 Å². The number of benzene rings is 2. The van der Waals surface area contributed by atoms with Crippen molar-refractivity contribution in [3.8, 4) is 17.2 Å². The summed E-state index contributed by atoms with van der Waals surface area (Å²) in [7, 11) is 1.54. The van der Waals surface area contributed by atoms with Crippen LogP contribution in [0.5, 0.6) is 17.2 Å². The highest BCUT2D eigenvalue weighted by atomic mass is 16.5. The smallest absolute Gasteiger partial charge is 0.251 e. The topological polar surface area (TPSA) is 56.8 Å². The maximum absolute atomic E-state index is 12.3. The van der Waals surface area contributed by atoms with Crippen molar-refractivity contribution in [2.45, 2.75) is 13.8 Å². The van der Waals surface area contributed by atoms with Crippen LogP contribution in [0.25, 0.3) is 0 Å². The van der Waals surface area contributed by atoms with Gasteiger partial charge in [0.05, 0.1) is 13.7 Å². The highest BCUT2D eigenvalue weighted by Crippen LogP contribution is 2.28. The summed E-state index contributed by atoms with van der Waals surface area (Å²) in [6, 6.07) is 11.1. The van der Waals surface area contributed by atoms with Crippen molar-refractivity contribution in [1.82, 2.24) is 5.32 Å². The first kappa shape index (κ1) is 19.4. The summed E-state index contributed by atoms with van der Waals surface area (Å²) >= 11 is 0. The number of hydrogen-bond acceptors (Lipinski definition) is 4. The zero-order chi connectivity index (χ0) is 18.9. The number of carbonyl (C=O) groups is 1. The fourth-order valence-electron chi connectivity index (χ4n) is 2.52. The first-order chi connectivity index (χ1) is 12.6. The van der Waals surface area contributed by atoms with Gasteiger partial charge in [-0.15, -0.1) is 0 Å². The van der Waals surface area contributed by atoms with Crippen LogP contribution >= 0.6 is 0 Å². The Hall–Kier alpha value is -2.95. The molecule has 0 unspecified atom stereocenters. The Kier molecular flexibility index (Phi) is 7.09. The van der Waals surface area contributed by atoms with Crippen molar-refractivity contribution in [3.63, 3.8) is 0 Å². The molecule has 0 spiro atoms. The first-order valence-electron chi connectivity index (χ1n) is 8.45. The standard InChI is InChI=1S/C21H25NO4/c1-5-12-25-18-10-9-17(14-19(18)24-4)21(23)22-11-13-26-20-15(2)7-6-8-16(20)3/h5-10,14H,1,11-13H2,2-4H3,(H,22,23). The summed E-state index contributed by atoms with van der Waals surface area (Å²) in [5.74, 6) is 1.75. The summed E-state index contributed by atoms with van der Waals surface area (Å²) in [6.45, 7) is 8.79. The van der Waals surface area contributed by atoms with Gasteiger partial charge >= 0.3 is 0 Å². The van der Waals surface area contributed by atoms with Crippen LogP contribution in [-0.4, -0.2) is 32.8 Å². The summed E-state index contributed by atoms with van der Waals surface area (Å²) in [5, 5.41) is 2.85. The summed E-state index contributed by atoms with van der Waals surface area (Å²) in [4.78, 5) is 12.3. The Morgan fingerprint density at radius 2 is 1.85 bits per heavy atom. The lowest BCUT2D eigenvalue weighted by Crippen LogP contribution is -2.28. The van der Waals surface area contributed by atoms with Crippen molar-refractivity contribution in [3.05, 3.63) is 65.7 Å². The molecule has 0 aromatic heterocycles. The number of aryl methyl sites for hydroxylation is 2. The zero-order valence-electron chi connectivity index (χ0n) is 15.5. The lowest BCUT2D eigenvalue weighted by Gasteiger charge is -2.13. The van der Waals surface area contributed by atoms with E-state index >= 15 is 0 Å². The zero-order valence-corrected chi connectivity index (χ0v) is 15.5. The van der Waals surface area contributed by atoms with Crippen molar-refractivity contribution in [2.75, 3.05) is 26.9 Å². The number of carbonyl (C=O) groups excluding carboxylic acids is 1. The van der Waals surface area contributed by atoms with Crippen LogP contribution in [0.1, 0.15) is 21.5 Å². The van der Waals surface area contributed by atoms with E-state index in [0.717, 1.165) is 16.9 Å². The quantitative estimate of drug-likeness (QED) is 0.551. The van der Waals surface area contributed by atoms with Gasteiger partial charge in [0.1, 0.15) is 19.0 Å². The molecule has 138 valence electrons. The SMILES string of the molecule is C=CCOc1ccc(C(=O)NCCOc2c(C)cccc2C)cc1OC. The second-order valence-corrected chi connectivity index (χ2v) is 5.79. The van der Waals surface area contributed by atoms with E-state index < -0.39 is 0 Å². The van der Waals surface area contributed by atoms with E-state index in [4.69, 9.17) is 14.2 Å². The summed E-state index contributed by atoms with van der Waals surface area (Å²) < 4.78 is 16.6. The van der Waals surface area contributed by atoms with Gasteiger partial charge in [0.15, 0.2) is 11.5 Å². The van der Waals surface area contributed by atoms with Gasteiger partial charge in [-0.05, 0) is 43.2 Å². The second kappa shape index (κ2) is 9.51. The number of hydrogen-bond donors (Lipinski definition) is 1. The molecule has 0 saturated carbocycles. The molecule has 2 aromatic rings. The minimum Gasteiger partial charge on any atom is -0.493 e. The van der Waals surface area contributed by atoms with Gasteiger partial charge < -0.3 is 19.5 Å². The molecule has 0 radical (unpaired) electrons. The van der Waals surface area contributed by atoms with Crippen molar-refractivity contribution in [1.29, 1.82) is 0 Å². The monoisotopic (exact) mass is 355 g/mol. The number of amides is 1. The summed E-state index contributed by atoms with van der Waals surface area (Å²) in [6.07, 6.45) is 1.65. The third kappa shape index (κ3) is 5.02. The van der Waals surface area contributed by atoms with Crippen molar-refractivity contribution < 1.29 is 19.0 Å². The highest BCUT2D eigenvalue weighted by molar-refractivity contribution is 5.94. The molecule has 26 heavy (non-hydrogen) atoms. The van der Waals surface area contributed by atoms with E-state index in [2.05, 4.69) is 11.9 Å². The molecule has 5 nitrogen and oxygen atoms in total. The molecule has 0 fully saturated rings. The van der Waals surface area contributed by atoms with E-state index in [0.29, 0.717) is 36.8 Å². The Labute approximate surface area is 154 Å². The lowest BCUT2D eigenvalue weighted by atomic mass is 10.1. The minimum absolute atomic E-state index is 0.191. The molecule has 1 N–H and O–H groups in total. The molecule has 2 rings (SSSR count). The predicted molar refractivity (Wildman–Crippen MR) is 102 cm³/mol. The van der Waals surface area contributed by atoms with Gasteiger partial charge in [-0.2, -0.15) is 0 Å². The van der Waals surface area contributed by atoms with Crippen LogP contribution in [0.15, 0.2) is 49.1 Å². The number of ether oxygens (including phenoxy) is 3. The second-order valence-electron chi connectivity index (χ2n) is 5.79. The van der Waals surface area contributed by atoms with E-state index in [1.807, 2.05) is 32.0 Å². The number of rotatable bonds is 9. The van der Waals surface area contributed by atoms with Gasteiger partial charge in [-0.1, -0.05) is 30.9 Å². The van der Waals surface area contributed by atoms with Crippen LogP contribution in [0.3, 0.4) is 0 Å². The molecule has 2 aromatic carbocycles. The average molecular weight is 355 g/mol. The van der Waals surface area contributed by atoms with Gasteiger partial charge in [0.25, 0.3) is 5.91 Å². The van der Waals surface area contributed by atoms with Gasteiger partial charge in [-0.3, -0.25) is 4.79 Å². The Balaban J connectivity index is 1.90. The maximum Gasteiger partial charge on any atom is 0.251 e. The van der Waals surface area contributed by atoms with E-state index in [-0.39, 0.29) is 5.91 Å². The Morgan fingerprint density at radius 1 is 1.12 bits per heavy atom. The molecular formula is C21H25NO4. The largest absolute Gasteiger partial charge is 0.493 e.